The number of ether oxygens (including phenoxy) is 2. The number of nitrogens with zero attached hydrogens (tertiary/aromatic N) is 4. The van der Waals surface area contributed by atoms with Gasteiger partial charge in [0.15, 0.2) is 6.61 Å². The van der Waals surface area contributed by atoms with Gasteiger partial charge in [0.1, 0.15) is 18.1 Å². The van der Waals surface area contributed by atoms with Crippen LogP contribution in [0.2, 0.25) is 0 Å². The summed E-state index contributed by atoms with van der Waals surface area (Å²) < 4.78 is 12.9. The van der Waals surface area contributed by atoms with E-state index in [9.17, 15) is 9.59 Å². The van der Waals surface area contributed by atoms with Crippen molar-refractivity contribution in [2.45, 2.75) is 52.2 Å². The highest BCUT2D eigenvalue weighted by Gasteiger charge is 2.34. The van der Waals surface area contributed by atoms with Crippen molar-refractivity contribution in [3.05, 3.63) is 47.4 Å². The van der Waals surface area contributed by atoms with Gasteiger partial charge < -0.3 is 19.7 Å². The molecule has 1 N–H and O–H groups in total. The molecule has 1 unspecified atom stereocenters. The SMILES string of the molecule is CC1=C(C(=O)OC(C)C)C(c2ccc(OCC(=O)N3CCCCC3)cc2)n2ncnc2N1. The van der Waals surface area contributed by atoms with Crippen molar-refractivity contribution in [2.24, 2.45) is 0 Å². The molecule has 9 heteroatoms. The predicted octanol–water partition coefficient (Wildman–Crippen LogP) is 2.91. The third-order valence-corrected chi connectivity index (χ3v) is 5.62. The van der Waals surface area contributed by atoms with Crippen LogP contribution < -0.4 is 10.1 Å². The molecule has 2 aliphatic rings. The fourth-order valence-electron chi connectivity index (χ4n) is 4.07. The van der Waals surface area contributed by atoms with E-state index in [4.69, 9.17) is 9.47 Å². The third kappa shape index (κ3) is 4.61. The Labute approximate surface area is 187 Å². The standard InChI is InChI=1S/C23H29N5O4/c1-15(2)32-22(30)20-16(3)26-23-24-14-25-28(23)21(20)17-7-9-18(10-8-17)31-13-19(29)27-11-5-4-6-12-27/h7-10,14-15,21H,4-6,11-13H2,1-3H3,(H,24,25,26). The maximum Gasteiger partial charge on any atom is 0.338 e. The number of hydrogen-bond acceptors (Lipinski definition) is 7. The topological polar surface area (TPSA) is 98.6 Å². The number of allylic oxidation sites excluding steroid dienone is 1. The minimum atomic E-state index is -0.482. The van der Waals surface area contributed by atoms with Crippen LogP contribution in [0.1, 0.15) is 51.6 Å². The molecular formula is C23H29N5O4. The Balaban J connectivity index is 1.52. The van der Waals surface area contributed by atoms with Crippen LogP contribution in [-0.4, -0.2) is 57.3 Å². The average molecular weight is 440 g/mol. The molecule has 1 aromatic carbocycles. The maximum absolute atomic E-state index is 12.9. The Bertz CT molecular complexity index is 1010. The molecule has 2 aromatic rings. The molecule has 1 amide bonds. The number of amides is 1. The van der Waals surface area contributed by atoms with Crippen LogP contribution >= 0.6 is 0 Å². The van der Waals surface area contributed by atoms with Crippen molar-refractivity contribution < 1.29 is 19.1 Å². The van der Waals surface area contributed by atoms with Crippen LogP contribution in [-0.2, 0) is 14.3 Å². The first-order valence-corrected chi connectivity index (χ1v) is 11.0. The lowest BCUT2D eigenvalue weighted by Gasteiger charge is -2.28. The van der Waals surface area contributed by atoms with E-state index in [-0.39, 0.29) is 18.6 Å². The van der Waals surface area contributed by atoms with E-state index >= 15 is 0 Å². The Hall–Kier alpha value is -3.36. The van der Waals surface area contributed by atoms with Crippen LogP contribution in [0, 0.1) is 0 Å². The normalized spacial score (nSPS) is 18.2. The minimum absolute atomic E-state index is 0.0108. The second kappa shape index (κ2) is 9.42. The number of esters is 1. The molecule has 9 nitrogen and oxygen atoms in total. The third-order valence-electron chi connectivity index (χ3n) is 5.62. The van der Waals surface area contributed by atoms with Crippen LogP contribution in [0.5, 0.6) is 5.75 Å². The summed E-state index contributed by atoms with van der Waals surface area (Å²) in [6.45, 7) is 7.08. The summed E-state index contributed by atoms with van der Waals surface area (Å²) in [6, 6.07) is 6.87. The lowest BCUT2D eigenvalue weighted by atomic mass is 9.95. The van der Waals surface area contributed by atoms with Gasteiger partial charge in [0.05, 0.1) is 11.7 Å². The van der Waals surface area contributed by atoms with E-state index in [1.165, 1.54) is 12.7 Å². The van der Waals surface area contributed by atoms with Crippen LogP contribution in [0.25, 0.3) is 0 Å². The number of fused-ring (bicyclic) bond motifs is 1. The summed E-state index contributed by atoms with van der Waals surface area (Å²) in [6.07, 6.45) is 4.49. The average Bonchev–Trinajstić information content (AvgIpc) is 3.25. The zero-order chi connectivity index (χ0) is 22.7. The van der Waals surface area contributed by atoms with Gasteiger partial charge in [-0.05, 0) is 57.7 Å². The van der Waals surface area contributed by atoms with Crippen molar-refractivity contribution in [1.29, 1.82) is 0 Å². The number of benzene rings is 1. The number of aromatic nitrogens is 3. The lowest BCUT2D eigenvalue weighted by Crippen LogP contribution is -2.38. The van der Waals surface area contributed by atoms with E-state index in [0.29, 0.717) is 23.0 Å². The summed E-state index contributed by atoms with van der Waals surface area (Å²) in [5, 5.41) is 7.43. The molecule has 0 spiro atoms. The highest BCUT2D eigenvalue weighted by Crippen LogP contribution is 2.35. The quantitative estimate of drug-likeness (QED) is 0.691. The van der Waals surface area contributed by atoms with E-state index in [1.807, 2.05) is 37.8 Å². The van der Waals surface area contributed by atoms with E-state index in [2.05, 4.69) is 15.4 Å². The number of carbonyl (C=O) groups is 2. The number of carbonyl (C=O) groups excluding carboxylic acids is 2. The summed E-state index contributed by atoms with van der Waals surface area (Å²) in [5.74, 6) is 0.764. The molecule has 1 atom stereocenters. The first kappa shape index (κ1) is 21.9. The highest BCUT2D eigenvalue weighted by atomic mass is 16.5. The van der Waals surface area contributed by atoms with Gasteiger partial charge in [-0.25, -0.2) is 9.48 Å². The van der Waals surface area contributed by atoms with E-state index in [1.54, 1.807) is 16.8 Å². The number of rotatable bonds is 6. The number of anilines is 1. The summed E-state index contributed by atoms with van der Waals surface area (Å²) in [7, 11) is 0. The summed E-state index contributed by atoms with van der Waals surface area (Å²) in [4.78, 5) is 31.3. The molecule has 2 aliphatic heterocycles. The Kier molecular flexibility index (Phi) is 6.43. The van der Waals surface area contributed by atoms with Crippen LogP contribution in [0.4, 0.5) is 5.95 Å². The second-order valence-electron chi connectivity index (χ2n) is 8.35. The van der Waals surface area contributed by atoms with Gasteiger partial charge in [-0.2, -0.15) is 10.1 Å². The van der Waals surface area contributed by atoms with Gasteiger partial charge in [0.2, 0.25) is 5.95 Å². The molecule has 1 fully saturated rings. The fraction of sp³-hybridized carbons (Fsp3) is 0.478. The number of hydrogen-bond donors (Lipinski definition) is 1. The van der Waals surface area contributed by atoms with Gasteiger partial charge in [-0.15, -0.1) is 0 Å². The molecule has 170 valence electrons. The van der Waals surface area contributed by atoms with Gasteiger partial charge in [-0.1, -0.05) is 12.1 Å². The van der Waals surface area contributed by atoms with Crippen molar-refractivity contribution in [3.63, 3.8) is 0 Å². The summed E-state index contributed by atoms with van der Waals surface area (Å²) >= 11 is 0. The first-order chi connectivity index (χ1) is 15.4. The largest absolute Gasteiger partial charge is 0.484 e. The monoisotopic (exact) mass is 439 g/mol. The Morgan fingerprint density at radius 3 is 2.56 bits per heavy atom. The second-order valence-corrected chi connectivity index (χ2v) is 8.35. The zero-order valence-corrected chi connectivity index (χ0v) is 18.7. The highest BCUT2D eigenvalue weighted by molar-refractivity contribution is 5.92. The first-order valence-electron chi connectivity index (χ1n) is 11.0. The minimum Gasteiger partial charge on any atom is -0.484 e. The Morgan fingerprint density at radius 1 is 1.16 bits per heavy atom. The predicted molar refractivity (Wildman–Crippen MR) is 118 cm³/mol. The van der Waals surface area contributed by atoms with Crippen molar-refractivity contribution >= 4 is 17.8 Å². The van der Waals surface area contributed by atoms with E-state index < -0.39 is 12.0 Å². The van der Waals surface area contributed by atoms with Gasteiger partial charge in [-0.3, -0.25) is 4.79 Å². The molecule has 0 bridgehead atoms. The van der Waals surface area contributed by atoms with Crippen LogP contribution in [0.3, 0.4) is 0 Å². The molecule has 0 aliphatic carbocycles. The molecule has 1 saturated heterocycles. The zero-order valence-electron chi connectivity index (χ0n) is 18.7. The number of likely N-dealkylation sites (tertiary alicyclic amines) is 1. The van der Waals surface area contributed by atoms with Crippen molar-refractivity contribution in [1.82, 2.24) is 19.7 Å². The van der Waals surface area contributed by atoms with Gasteiger partial charge >= 0.3 is 5.97 Å². The Morgan fingerprint density at radius 2 is 1.88 bits per heavy atom. The van der Waals surface area contributed by atoms with Crippen molar-refractivity contribution in [2.75, 3.05) is 25.0 Å². The van der Waals surface area contributed by atoms with E-state index in [0.717, 1.165) is 31.5 Å². The maximum atomic E-state index is 12.9. The van der Waals surface area contributed by atoms with Gasteiger partial charge in [0.25, 0.3) is 5.91 Å². The molecule has 32 heavy (non-hydrogen) atoms. The molecule has 0 saturated carbocycles. The van der Waals surface area contributed by atoms with Crippen LogP contribution in [0.15, 0.2) is 41.9 Å². The summed E-state index contributed by atoms with van der Waals surface area (Å²) in [5.41, 5.74) is 1.99. The molecule has 0 radical (unpaired) electrons. The smallest absolute Gasteiger partial charge is 0.338 e. The lowest BCUT2D eigenvalue weighted by molar-refractivity contribution is -0.143. The molecule has 3 heterocycles. The number of piperidine rings is 1. The molecular weight excluding hydrogens is 410 g/mol. The fourth-order valence-corrected chi connectivity index (χ4v) is 4.07. The molecule has 1 aromatic heterocycles. The van der Waals surface area contributed by atoms with Crippen molar-refractivity contribution in [3.8, 4) is 5.75 Å². The number of nitrogens with one attached hydrogen (secondary N) is 1. The molecule has 4 rings (SSSR count). The van der Waals surface area contributed by atoms with Gasteiger partial charge in [0, 0.05) is 18.8 Å².